The third kappa shape index (κ3) is 5.47. The number of hydrogen-bond acceptors (Lipinski definition) is 3. The van der Waals surface area contributed by atoms with Crippen molar-refractivity contribution < 1.29 is 14.3 Å². The van der Waals surface area contributed by atoms with Crippen molar-refractivity contribution >= 4 is 11.7 Å². The molecule has 3 rings (SSSR count). The number of amides is 1. The molecular formula is C25H31NO3. The number of carbonyl (C=O) groups excluding carboxylic acids is 2. The Labute approximate surface area is 173 Å². The smallest absolute Gasteiger partial charge is 0.222 e. The first-order chi connectivity index (χ1) is 14.0. The van der Waals surface area contributed by atoms with E-state index in [2.05, 4.69) is 38.1 Å². The highest BCUT2D eigenvalue weighted by Crippen LogP contribution is 2.24. The number of nitrogens with zero attached hydrogens (tertiary/aromatic N) is 1. The molecule has 0 aliphatic carbocycles. The highest BCUT2D eigenvalue weighted by molar-refractivity contribution is 5.98. The minimum atomic E-state index is -0.00368. The van der Waals surface area contributed by atoms with Gasteiger partial charge in [0.25, 0.3) is 0 Å². The van der Waals surface area contributed by atoms with Crippen molar-refractivity contribution in [1.82, 2.24) is 4.90 Å². The van der Waals surface area contributed by atoms with E-state index in [-0.39, 0.29) is 17.6 Å². The first kappa shape index (κ1) is 21.1. The number of likely N-dealkylation sites (tertiary alicyclic amines) is 1. The van der Waals surface area contributed by atoms with Crippen LogP contribution in [0, 0.1) is 5.92 Å². The van der Waals surface area contributed by atoms with E-state index in [1.165, 1.54) is 11.1 Å². The lowest BCUT2D eigenvalue weighted by Gasteiger charge is -2.31. The molecule has 0 aromatic heterocycles. The van der Waals surface area contributed by atoms with E-state index in [1.807, 2.05) is 29.2 Å². The maximum Gasteiger partial charge on any atom is 0.222 e. The molecule has 1 aliphatic heterocycles. The maximum absolute atomic E-state index is 12.7. The average Bonchev–Trinajstić information content (AvgIpc) is 2.77. The van der Waals surface area contributed by atoms with Gasteiger partial charge in [0.2, 0.25) is 5.91 Å². The minimum absolute atomic E-state index is 0.00368. The Balaban J connectivity index is 1.46. The largest absolute Gasteiger partial charge is 0.497 e. The zero-order chi connectivity index (χ0) is 20.8. The standard InChI is InChI=1S/C25H31NO3/c1-18(2)20-7-4-19(5-8-20)6-13-24(27)26-16-14-22(15-17-26)25(28)21-9-11-23(29-3)12-10-21/h4-5,7-12,18,22H,6,13-17H2,1-3H3. The van der Waals surface area contributed by atoms with Gasteiger partial charge in [-0.05, 0) is 60.6 Å². The third-order valence-electron chi connectivity index (χ3n) is 5.87. The van der Waals surface area contributed by atoms with Gasteiger partial charge in [0.1, 0.15) is 5.75 Å². The van der Waals surface area contributed by atoms with E-state index in [4.69, 9.17) is 4.74 Å². The average molecular weight is 394 g/mol. The highest BCUT2D eigenvalue weighted by Gasteiger charge is 2.27. The number of ketones is 1. The fourth-order valence-electron chi connectivity index (χ4n) is 3.86. The number of piperidine rings is 1. The van der Waals surface area contributed by atoms with Gasteiger partial charge in [0.05, 0.1) is 7.11 Å². The molecule has 1 heterocycles. The molecule has 4 nitrogen and oxygen atoms in total. The summed E-state index contributed by atoms with van der Waals surface area (Å²) in [5, 5.41) is 0. The van der Waals surface area contributed by atoms with Crippen LogP contribution in [-0.4, -0.2) is 36.8 Å². The van der Waals surface area contributed by atoms with Crippen LogP contribution in [0.1, 0.15) is 60.5 Å². The Morgan fingerprint density at radius 1 is 1.00 bits per heavy atom. The molecule has 29 heavy (non-hydrogen) atoms. The first-order valence-electron chi connectivity index (χ1n) is 10.5. The quantitative estimate of drug-likeness (QED) is 0.630. The van der Waals surface area contributed by atoms with Crippen LogP contribution in [0.4, 0.5) is 0 Å². The molecule has 1 saturated heterocycles. The number of aryl methyl sites for hydroxylation is 1. The predicted octanol–water partition coefficient (Wildman–Crippen LogP) is 4.87. The number of methoxy groups -OCH3 is 1. The molecule has 0 saturated carbocycles. The van der Waals surface area contributed by atoms with E-state index in [0.717, 1.165) is 30.6 Å². The van der Waals surface area contributed by atoms with E-state index in [0.29, 0.717) is 25.4 Å². The Morgan fingerprint density at radius 3 is 2.17 bits per heavy atom. The van der Waals surface area contributed by atoms with Crippen LogP contribution in [-0.2, 0) is 11.2 Å². The van der Waals surface area contributed by atoms with Crippen molar-refractivity contribution in [1.29, 1.82) is 0 Å². The molecule has 1 amide bonds. The summed E-state index contributed by atoms with van der Waals surface area (Å²) < 4.78 is 5.15. The Hall–Kier alpha value is -2.62. The summed E-state index contributed by atoms with van der Waals surface area (Å²) in [6, 6.07) is 15.8. The van der Waals surface area contributed by atoms with Gasteiger partial charge in [0.15, 0.2) is 5.78 Å². The van der Waals surface area contributed by atoms with Gasteiger partial charge >= 0.3 is 0 Å². The predicted molar refractivity (Wildman–Crippen MR) is 115 cm³/mol. The third-order valence-corrected chi connectivity index (χ3v) is 5.87. The van der Waals surface area contributed by atoms with Crippen molar-refractivity contribution in [2.45, 2.75) is 45.4 Å². The van der Waals surface area contributed by atoms with Crippen LogP contribution < -0.4 is 4.74 Å². The lowest BCUT2D eigenvalue weighted by Crippen LogP contribution is -2.40. The number of benzene rings is 2. The monoisotopic (exact) mass is 393 g/mol. The topological polar surface area (TPSA) is 46.6 Å². The van der Waals surface area contributed by atoms with Gasteiger partial charge in [-0.1, -0.05) is 38.1 Å². The highest BCUT2D eigenvalue weighted by atomic mass is 16.5. The lowest BCUT2D eigenvalue weighted by molar-refractivity contribution is -0.132. The summed E-state index contributed by atoms with van der Waals surface area (Å²) in [5.41, 5.74) is 3.25. The number of ether oxygens (including phenoxy) is 1. The number of Topliss-reactive ketones (excluding diaryl/α,β-unsaturated/α-hetero) is 1. The second-order valence-electron chi connectivity index (χ2n) is 8.14. The van der Waals surface area contributed by atoms with Crippen LogP contribution in [0.25, 0.3) is 0 Å². The molecule has 0 N–H and O–H groups in total. The maximum atomic E-state index is 12.7. The second-order valence-corrected chi connectivity index (χ2v) is 8.14. The molecule has 0 spiro atoms. The van der Waals surface area contributed by atoms with Crippen molar-refractivity contribution in [3.8, 4) is 5.75 Å². The Kier molecular flexibility index (Phi) is 7.08. The Morgan fingerprint density at radius 2 is 1.62 bits per heavy atom. The van der Waals surface area contributed by atoms with Gasteiger partial charge in [-0.25, -0.2) is 0 Å². The van der Waals surface area contributed by atoms with Gasteiger partial charge in [-0.15, -0.1) is 0 Å². The molecule has 0 atom stereocenters. The number of rotatable bonds is 7. The summed E-state index contributed by atoms with van der Waals surface area (Å²) >= 11 is 0. The van der Waals surface area contributed by atoms with Gasteiger partial charge < -0.3 is 9.64 Å². The molecule has 2 aromatic carbocycles. The number of hydrogen-bond donors (Lipinski definition) is 0. The molecular weight excluding hydrogens is 362 g/mol. The molecule has 1 aliphatic rings. The normalized spacial score (nSPS) is 14.8. The summed E-state index contributed by atoms with van der Waals surface area (Å²) in [4.78, 5) is 27.2. The van der Waals surface area contributed by atoms with Crippen molar-refractivity contribution in [2.24, 2.45) is 5.92 Å². The summed E-state index contributed by atoms with van der Waals surface area (Å²) in [6.07, 6.45) is 2.76. The van der Waals surface area contributed by atoms with E-state index < -0.39 is 0 Å². The lowest BCUT2D eigenvalue weighted by atomic mass is 9.88. The van der Waals surface area contributed by atoms with Crippen LogP contribution in [0.3, 0.4) is 0 Å². The second kappa shape index (κ2) is 9.73. The molecule has 2 aromatic rings. The zero-order valence-corrected chi connectivity index (χ0v) is 17.7. The van der Waals surface area contributed by atoms with Crippen molar-refractivity contribution in [2.75, 3.05) is 20.2 Å². The molecule has 154 valence electrons. The fourth-order valence-corrected chi connectivity index (χ4v) is 3.86. The molecule has 0 radical (unpaired) electrons. The van der Waals surface area contributed by atoms with E-state index in [1.54, 1.807) is 7.11 Å². The minimum Gasteiger partial charge on any atom is -0.497 e. The van der Waals surface area contributed by atoms with Crippen LogP contribution >= 0.6 is 0 Å². The summed E-state index contributed by atoms with van der Waals surface area (Å²) in [5.74, 6) is 1.63. The van der Waals surface area contributed by atoms with Gasteiger partial charge in [-0.2, -0.15) is 0 Å². The van der Waals surface area contributed by atoms with Gasteiger partial charge in [0, 0.05) is 31.0 Å². The first-order valence-corrected chi connectivity index (χ1v) is 10.5. The van der Waals surface area contributed by atoms with E-state index in [9.17, 15) is 9.59 Å². The number of carbonyl (C=O) groups is 2. The molecule has 0 bridgehead atoms. The van der Waals surface area contributed by atoms with Crippen LogP contribution in [0.2, 0.25) is 0 Å². The molecule has 1 fully saturated rings. The van der Waals surface area contributed by atoms with Crippen LogP contribution in [0.5, 0.6) is 5.75 Å². The SMILES string of the molecule is COc1ccc(C(=O)C2CCN(C(=O)CCc3ccc(C(C)C)cc3)CC2)cc1. The van der Waals surface area contributed by atoms with E-state index >= 15 is 0 Å². The van der Waals surface area contributed by atoms with Crippen LogP contribution in [0.15, 0.2) is 48.5 Å². The zero-order valence-electron chi connectivity index (χ0n) is 17.7. The summed E-state index contributed by atoms with van der Waals surface area (Å²) in [7, 11) is 1.62. The Bertz CT molecular complexity index is 816. The van der Waals surface area contributed by atoms with Gasteiger partial charge in [-0.3, -0.25) is 9.59 Å². The molecule has 4 heteroatoms. The van der Waals surface area contributed by atoms with Crippen molar-refractivity contribution in [3.63, 3.8) is 0 Å². The van der Waals surface area contributed by atoms with Crippen molar-refractivity contribution in [3.05, 3.63) is 65.2 Å². The molecule has 0 unspecified atom stereocenters. The fraction of sp³-hybridized carbons (Fsp3) is 0.440. The summed E-state index contributed by atoms with van der Waals surface area (Å²) in [6.45, 7) is 5.69.